The van der Waals surface area contributed by atoms with E-state index in [0.717, 1.165) is 11.1 Å². The molecule has 6 heteroatoms. The van der Waals surface area contributed by atoms with Crippen LogP contribution in [-0.2, 0) is 11.3 Å². The van der Waals surface area contributed by atoms with Crippen molar-refractivity contribution >= 4 is 11.9 Å². The fourth-order valence-corrected chi connectivity index (χ4v) is 3.95. The zero-order valence-electron chi connectivity index (χ0n) is 16.2. The van der Waals surface area contributed by atoms with Gasteiger partial charge in [-0.05, 0) is 18.9 Å². The van der Waals surface area contributed by atoms with Gasteiger partial charge in [0.25, 0.3) is 5.91 Å². The normalized spacial score (nSPS) is 18.7. The third kappa shape index (κ3) is 3.78. The second-order valence-electron chi connectivity index (χ2n) is 7.41. The summed E-state index contributed by atoms with van der Waals surface area (Å²) in [6, 6.07) is 19.2. The molecule has 2 heterocycles. The van der Waals surface area contributed by atoms with Crippen LogP contribution in [-0.4, -0.2) is 44.3 Å². The van der Waals surface area contributed by atoms with Gasteiger partial charge in [0.15, 0.2) is 0 Å². The van der Waals surface area contributed by atoms with E-state index in [2.05, 4.69) is 0 Å². The molecule has 2 aromatic carbocycles. The second kappa shape index (κ2) is 7.91. The quantitative estimate of drug-likeness (QED) is 0.724. The van der Waals surface area contributed by atoms with Gasteiger partial charge in [-0.3, -0.25) is 14.3 Å². The first-order valence-corrected chi connectivity index (χ1v) is 9.75. The molecule has 1 amide bonds. The molecule has 1 saturated heterocycles. The molecule has 0 saturated carbocycles. The molecule has 1 aliphatic heterocycles. The number of nitrogens with zero attached hydrogens (tertiary/aromatic N) is 3. The summed E-state index contributed by atoms with van der Waals surface area (Å²) in [5.74, 6) is -1.55. The van der Waals surface area contributed by atoms with E-state index < -0.39 is 11.9 Å². The Morgan fingerprint density at radius 3 is 2.34 bits per heavy atom. The van der Waals surface area contributed by atoms with E-state index in [1.165, 1.54) is 0 Å². The summed E-state index contributed by atoms with van der Waals surface area (Å²) in [4.78, 5) is 26.5. The summed E-state index contributed by atoms with van der Waals surface area (Å²) in [5, 5.41) is 14.1. The highest BCUT2D eigenvalue weighted by atomic mass is 16.4. The lowest BCUT2D eigenvalue weighted by molar-refractivity contribution is -0.142. The van der Waals surface area contributed by atoms with Crippen LogP contribution in [0.4, 0.5) is 0 Å². The number of carboxylic acid groups (broad SMARTS) is 1. The first kappa shape index (κ1) is 18.9. The molecule has 0 bridgehead atoms. The number of aliphatic carboxylic acids is 1. The number of carbonyl (C=O) groups excluding carboxylic acids is 1. The van der Waals surface area contributed by atoms with Crippen molar-refractivity contribution in [3.63, 3.8) is 0 Å². The highest BCUT2D eigenvalue weighted by Gasteiger charge is 2.39. The van der Waals surface area contributed by atoms with Crippen molar-refractivity contribution in [2.24, 2.45) is 5.92 Å². The fraction of sp³-hybridized carbons (Fsp3) is 0.261. The van der Waals surface area contributed by atoms with Crippen molar-refractivity contribution in [1.29, 1.82) is 0 Å². The minimum Gasteiger partial charge on any atom is -0.481 e. The van der Waals surface area contributed by atoms with E-state index in [1.54, 1.807) is 22.7 Å². The summed E-state index contributed by atoms with van der Waals surface area (Å²) in [6.45, 7) is 2.80. The van der Waals surface area contributed by atoms with Crippen LogP contribution in [0.1, 0.15) is 29.3 Å². The van der Waals surface area contributed by atoms with Crippen LogP contribution < -0.4 is 0 Å². The molecule has 1 aromatic heterocycles. The number of benzene rings is 2. The van der Waals surface area contributed by atoms with E-state index in [-0.39, 0.29) is 11.9 Å². The fourth-order valence-electron chi connectivity index (χ4n) is 3.95. The molecule has 3 aromatic rings. The average Bonchev–Trinajstić information content (AvgIpc) is 3.33. The molecule has 1 N–H and O–H groups in total. The number of likely N-dealkylation sites (tertiary alicyclic amines) is 1. The van der Waals surface area contributed by atoms with Crippen molar-refractivity contribution < 1.29 is 14.7 Å². The van der Waals surface area contributed by atoms with E-state index >= 15 is 0 Å². The lowest BCUT2D eigenvalue weighted by Gasteiger charge is -2.23. The van der Waals surface area contributed by atoms with Gasteiger partial charge in [0.1, 0.15) is 5.69 Å². The highest BCUT2D eigenvalue weighted by Crippen LogP contribution is 2.29. The lowest BCUT2D eigenvalue weighted by atomic mass is 10.0. The van der Waals surface area contributed by atoms with Crippen LogP contribution >= 0.6 is 0 Å². The third-order valence-electron chi connectivity index (χ3n) is 5.56. The minimum absolute atomic E-state index is 0.167. The smallest absolute Gasteiger partial charge is 0.308 e. The molecule has 2 unspecified atom stereocenters. The maximum Gasteiger partial charge on any atom is 0.308 e. The van der Waals surface area contributed by atoms with Gasteiger partial charge in [-0.15, -0.1) is 0 Å². The van der Waals surface area contributed by atoms with Gasteiger partial charge in [0.05, 0.1) is 18.0 Å². The highest BCUT2D eigenvalue weighted by molar-refractivity contribution is 6.00. The molecule has 0 aliphatic carbocycles. The van der Waals surface area contributed by atoms with Gasteiger partial charge in [0.2, 0.25) is 0 Å². The van der Waals surface area contributed by atoms with Crippen LogP contribution in [0.3, 0.4) is 0 Å². The summed E-state index contributed by atoms with van der Waals surface area (Å²) in [6.07, 6.45) is 2.25. The largest absolute Gasteiger partial charge is 0.481 e. The van der Waals surface area contributed by atoms with Crippen molar-refractivity contribution in [3.05, 3.63) is 78.0 Å². The number of hydrogen-bond donors (Lipinski definition) is 1. The first-order valence-electron chi connectivity index (χ1n) is 9.75. The van der Waals surface area contributed by atoms with Crippen molar-refractivity contribution in [3.8, 4) is 11.3 Å². The van der Waals surface area contributed by atoms with E-state index in [0.29, 0.717) is 30.8 Å². The van der Waals surface area contributed by atoms with Crippen molar-refractivity contribution in [2.75, 3.05) is 6.54 Å². The number of carboxylic acids is 1. The molecular weight excluding hydrogens is 366 g/mol. The molecule has 4 rings (SSSR count). The number of aromatic nitrogens is 2. The monoisotopic (exact) mass is 389 g/mol. The zero-order valence-corrected chi connectivity index (χ0v) is 16.2. The summed E-state index contributed by atoms with van der Waals surface area (Å²) >= 11 is 0. The molecule has 148 valence electrons. The Morgan fingerprint density at radius 1 is 1.07 bits per heavy atom. The van der Waals surface area contributed by atoms with Gasteiger partial charge in [0, 0.05) is 24.3 Å². The van der Waals surface area contributed by atoms with Crippen LogP contribution in [0, 0.1) is 5.92 Å². The first-order chi connectivity index (χ1) is 14.0. The summed E-state index contributed by atoms with van der Waals surface area (Å²) in [5.41, 5.74) is 3.08. The topological polar surface area (TPSA) is 75.4 Å². The SMILES string of the molecule is CC1C(C(=O)O)CCN1C(=O)c1cn(Cc2ccccc2)nc1-c1ccccc1. The predicted octanol–water partition coefficient (Wildman–Crippen LogP) is 3.53. The average molecular weight is 389 g/mol. The molecule has 1 fully saturated rings. The van der Waals surface area contributed by atoms with Gasteiger partial charge in [-0.2, -0.15) is 5.10 Å². The standard InChI is InChI=1S/C23H23N3O3/c1-16-19(23(28)29)12-13-26(16)22(27)20-15-25(14-17-8-4-2-5-9-17)24-21(20)18-10-6-3-7-11-18/h2-11,15-16,19H,12-14H2,1H3,(H,28,29). The number of carbonyl (C=O) groups is 2. The Kier molecular flexibility index (Phi) is 5.16. The second-order valence-corrected chi connectivity index (χ2v) is 7.41. The number of hydrogen-bond acceptors (Lipinski definition) is 3. The maximum atomic E-state index is 13.4. The third-order valence-corrected chi connectivity index (χ3v) is 5.56. The molecule has 29 heavy (non-hydrogen) atoms. The van der Waals surface area contributed by atoms with Crippen LogP contribution in [0.15, 0.2) is 66.9 Å². The van der Waals surface area contributed by atoms with Gasteiger partial charge < -0.3 is 10.0 Å². The summed E-state index contributed by atoms with van der Waals surface area (Å²) in [7, 11) is 0. The predicted molar refractivity (Wildman–Crippen MR) is 109 cm³/mol. The maximum absolute atomic E-state index is 13.4. The van der Waals surface area contributed by atoms with Crippen molar-refractivity contribution in [1.82, 2.24) is 14.7 Å². The van der Waals surface area contributed by atoms with Gasteiger partial charge >= 0.3 is 5.97 Å². The van der Waals surface area contributed by atoms with Crippen LogP contribution in [0.2, 0.25) is 0 Å². The lowest BCUT2D eigenvalue weighted by Crippen LogP contribution is -2.37. The van der Waals surface area contributed by atoms with Crippen LogP contribution in [0.25, 0.3) is 11.3 Å². The van der Waals surface area contributed by atoms with Crippen molar-refractivity contribution in [2.45, 2.75) is 25.9 Å². The Morgan fingerprint density at radius 2 is 1.72 bits per heavy atom. The van der Waals surface area contributed by atoms with E-state index in [4.69, 9.17) is 5.10 Å². The number of rotatable bonds is 5. The molecule has 0 radical (unpaired) electrons. The Balaban J connectivity index is 1.69. The Bertz CT molecular complexity index is 1010. The van der Waals surface area contributed by atoms with E-state index in [1.807, 2.05) is 60.7 Å². The number of amides is 1. The Labute approximate surface area is 169 Å². The zero-order chi connectivity index (χ0) is 20.4. The summed E-state index contributed by atoms with van der Waals surface area (Å²) < 4.78 is 1.78. The van der Waals surface area contributed by atoms with Gasteiger partial charge in [-0.25, -0.2) is 0 Å². The molecule has 0 spiro atoms. The molecule has 1 aliphatic rings. The van der Waals surface area contributed by atoms with Gasteiger partial charge in [-0.1, -0.05) is 60.7 Å². The minimum atomic E-state index is -0.851. The Hall–Kier alpha value is -3.41. The molecule has 6 nitrogen and oxygen atoms in total. The molecule has 2 atom stereocenters. The molecular formula is C23H23N3O3. The van der Waals surface area contributed by atoms with Crippen LogP contribution in [0.5, 0.6) is 0 Å². The van der Waals surface area contributed by atoms with E-state index in [9.17, 15) is 14.7 Å².